The summed E-state index contributed by atoms with van der Waals surface area (Å²) in [5, 5.41) is -0.919. The van der Waals surface area contributed by atoms with Gasteiger partial charge in [0, 0.05) is 5.41 Å². The number of fused-ring (bicyclic) bond motifs is 2. The molecule has 1 aliphatic heterocycles. The molecule has 1 heterocycles. The van der Waals surface area contributed by atoms with E-state index < -0.39 is 21.1 Å². The second-order valence-electron chi connectivity index (χ2n) is 7.89. The molecule has 3 aliphatic rings. The SMILES string of the molecule is CC1(C)C2CCC1(C)C(OC(=O)C1CCCCS1(=O)=O)C2. The molecule has 0 amide bonds. The van der Waals surface area contributed by atoms with Gasteiger partial charge in [0.25, 0.3) is 0 Å². The van der Waals surface area contributed by atoms with Crippen molar-refractivity contribution in [3.63, 3.8) is 0 Å². The lowest BCUT2D eigenvalue weighted by atomic mass is 9.70. The largest absolute Gasteiger partial charge is 0.461 e. The highest BCUT2D eigenvalue weighted by Gasteiger charge is 2.63. The lowest BCUT2D eigenvalue weighted by Gasteiger charge is -2.39. The second-order valence-corrected chi connectivity index (χ2v) is 10.2. The van der Waals surface area contributed by atoms with Crippen molar-refractivity contribution < 1.29 is 17.9 Å². The molecule has 1 saturated heterocycles. The number of sulfone groups is 1. The van der Waals surface area contributed by atoms with Gasteiger partial charge >= 0.3 is 5.97 Å². The third kappa shape index (κ3) is 2.14. The van der Waals surface area contributed by atoms with Crippen molar-refractivity contribution in [1.82, 2.24) is 0 Å². The number of hydrogen-bond donors (Lipinski definition) is 0. The molecular formula is C16H26O4S. The Hall–Kier alpha value is -0.580. The van der Waals surface area contributed by atoms with Gasteiger partial charge in [-0.1, -0.05) is 27.2 Å². The van der Waals surface area contributed by atoms with Crippen molar-refractivity contribution in [2.24, 2.45) is 16.7 Å². The number of carbonyl (C=O) groups excluding carboxylic acids is 1. The van der Waals surface area contributed by atoms with E-state index in [0.717, 1.165) is 19.3 Å². The maximum Gasteiger partial charge on any atom is 0.324 e. The highest BCUT2D eigenvalue weighted by molar-refractivity contribution is 7.92. The quantitative estimate of drug-likeness (QED) is 0.735. The fourth-order valence-electron chi connectivity index (χ4n) is 4.74. The molecular weight excluding hydrogens is 288 g/mol. The minimum Gasteiger partial charge on any atom is -0.461 e. The second kappa shape index (κ2) is 4.71. The molecule has 4 atom stereocenters. The number of carbonyl (C=O) groups is 1. The maximum atomic E-state index is 12.4. The molecule has 0 aromatic carbocycles. The third-order valence-corrected chi connectivity index (χ3v) is 8.97. The predicted molar refractivity (Wildman–Crippen MR) is 80.5 cm³/mol. The average Bonchev–Trinajstić information content (AvgIpc) is 2.71. The summed E-state index contributed by atoms with van der Waals surface area (Å²) in [5.41, 5.74) is 0.162. The Labute approximate surface area is 127 Å². The lowest BCUT2D eigenvalue weighted by Crippen LogP contribution is -2.43. The Morgan fingerprint density at radius 1 is 1.14 bits per heavy atom. The summed E-state index contributed by atoms with van der Waals surface area (Å²) >= 11 is 0. The van der Waals surface area contributed by atoms with E-state index in [9.17, 15) is 13.2 Å². The van der Waals surface area contributed by atoms with E-state index in [1.165, 1.54) is 6.42 Å². The van der Waals surface area contributed by atoms with E-state index in [1.807, 2.05) is 0 Å². The van der Waals surface area contributed by atoms with Gasteiger partial charge in [0.15, 0.2) is 15.1 Å². The van der Waals surface area contributed by atoms with Gasteiger partial charge in [-0.3, -0.25) is 4.79 Å². The van der Waals surface area contributed by atoms with Gasteiger partial charge in [-0.25, -0.2) is 8.42 Å². The molecule has 0 N–H and O–H groups in total. The lowest BCUT2D eigenvalue weighted by molar-refractivity contribution is -0.156. The first kappa shape index (κ1) is 15.3. The molecule has 21 heavy (non-hydrogen) atoms. The summed E-state index contributed by atoms with van der Waals surface area (Å²) in [5.74, 6) is 0.218. The van der Waals surface area contributed by atoms with Crippen LogP contribution in [-0.4, -0.2) is 31.5 Å². The molecule has 3 rings (SSSR count). The fraction of sp³-hybridized carbons (Fsp3) is 0.938. The maximum absolute atomic E-state index is 12.4. The first-order valence-corrected chi connectivity index (χ1v) is 9.82. The minimum absolute atomic E-state index is 0.00818. The summed E-state index contributed by atoms with van der Waals surface area (Å²) in [4.78, 5) is 12.4. The number of ether oxygens (including phenoxy) is 1. The van der Waals surface area contributed by atoms with Crippen LogP contribution >= 0.6 is 0 Å². The summed E-state index contributed by atoms with van der Waals surface area (Å²) in [7, 11) is -3.30. The molecule has 2 bridgehead atoms. The van der Waals surface area contributed by atoms with Gasteiger partial charge in [-0.15, -0.1) is 0 Å². The van der Waals surface area contributed by atoms with Crippen LogP contribution in [-0.2, 0) is 19.4 Å². The van der Waals surface area contributed by atoms with E-state index in [2.05, 4.69) is 20.8 Å². The highest BCUT2D eigenvalue weighted by atomic mass is 32.2. The Morgan fingerprint density at radius 2 is 1.86 bits per heavy atom. The zero-order valence-corrected chi connectivity index (χ0v) is 14.0. The van der Waals surface area contributed by atoms with Gasteiger partial charge in [-0.2, -0.15) is 0 Å². The van der Waals surface area contributed by atoms with Crippen molar-refractivity contribution >= 4 is 15.8 Å². The van der Waals surface area contributed by atoms with Gasteiger partial charge in [0.1, 0.15) is 6.10 Å². The molecule has 3 fully saturated rings. The summed E-state index contributed by atoms with van der Waals surface area (Å²) < 4.78 is 29.9. The van der Waals surface area contributed by atoms with Crippen molar-refractivity contribution in [3.05, 3.63) is 0 Å². The minimum atomic E-state index is -3.30. The summed E-state index contributed by atoms with van der Waals surface area (Å²) in [6, 6.07) is 0. The Morgan fingerprint density at radius 3 is 2.38 bits per heavy atom. The monoisotopic (exact) mass is 314 g/mol. The van der Waals surface area contributed by atoms with E-state index in [4.69, 9.17) is 4.74 Å². The average molecular weight is 314 g/mol. The molecule has 5 heteroatoms. The first-order chi connectivity index (χ1) is 9.68. The molecule has 0 aromatic rings. The predicted octanol–water partition coefficient (Wildman–Crippen LogP) is 2.71. The Balaban J connectivity index is 1.75. The fourth-order valence-corrected chi connectivity index (χ4v) is 6.51. The molecule has 120 valence electrons. The smallest absolute Gasteiger partial charge is 0.324 e. The molecule has 4 unspecified atom stereocenters. The van der Waals surface area contributed by atoms with Crippen LogP contribution < -0.4 is 0 Å². The molecule has 2 saturated carbocycles. The van der Waals surface area contributed by atoms with E-state index >= 15 is 0 Å². The van der Waals surface area contributed by atoms with Crippen molar-refractivity contribution in [3.8, 4) is 0 Å². The van der Waals surface area contributed by atoms with Crippen LogP contribution in [0.15, 0.2) is 0 Å². The van der Waals surface area contributed by atoms with Crippen LogP contribution in [0.25, 0.3) is 0 Å². The van der Waals surface area contributed by atoms with Crippen molar-refractivity contribution in [2.45, 2.75) is 70.7 Å². The third-order valence-electron chi connectivity index (χ3n) is 6.81. The molecule has 2 aliphatic carbocycles. The molecule has 0 aromatic heterocycles. The van der Waals surface area contributed by atoms with Crippen LogP contribution in [0, 0.1) is 16.7 Å². The number of esters is 1. The highest BCUT2D eigenvalue weighted by Crippen LogP contribution is 2.66. The first-order valence-electron chi connectivity index (χ1n) is 8.10. The van der Waals surface area contributed by atoms with Crippen molar-refractivity contribution in [1.29, 1.82) is 0 Å². The van der Waals surface area contributed by atoms with Crippen LogP contribution in [0.5, 0.6) is 0 Å². The molecule has 0 radical (unpaired) electrons. The van der Waals surface area contributed by atoms with Crippen LogP contribution in [0.2, 0.25) is 0 Å². The zero-order valence-electron chi connectivity index (χ0n) is 13.2. The summed E-state index contributed by atoms with van der Waals surface area (Å²) in [6.07, 6.45) is 4.94. The zero-order chi connectivity index (χ0) is 15.5. The number of rotatable bonds is 2. The van der Waals surface area contributed by atoms with E-state index in [-0.39, 0.29) is 22.7 Å². The van der Waals surface area contributed by atoms with Crippen molar-refractivity contribution in [2.75, 3.05) is 5.75 Å². The number of hydrogen-bond acceptors (Lipinski definition) is 4. The molecule has 0 spiro atoms. The van der Waals surface area contributed by atoms with Gasteiger partial charge < -0.3 is 4.74 Å². The van der Waals surface area contributed by atoms with Gasteiger partial charge in [-0.05, 0) is 43.4 Å². The summed E-state index contributed by atoms with van der Waals surface area (Å²) in [6.45, 7) is 6.72. The Kier molecular flexibility index (Phi) is 3.43. The van der Waals surface area contributed by atoms with E-state index in [1.54, 1.807) is 0 Å². The molecule has 4 nitrogen and oxygen atoms in total. The van der Waals surface area contributed by atoms with Crippen LogP contribution in [0.4, 0.5) is 0 Å². The van der Waals surface area contributed by atoms with Gasteiger partial charge in [0.2, 0.25) is 0 Å². The van der Waals surface area contributed by atoms with Gasteiger partial charge in [0.05, 0.1) is 5.75 Å². The van der Waals surface area contributed by atoms with E-state index in [0.29, 0.717) is 18.8 Å². The van der Waals surface area contributed by atoms with Crippen LogP contribution in [0.1, 0.15) is 59.3 Å². The van der Waals surface area contributed by atoms with Crippen LogP contribution in [0.3, 0.4) is 0 Å². The standard InChI is InChI=1S/C16H26O4S/c1-15(2)11-7-8-16(15,3)13(10-11)20-14(17)12-6-4-5-9-21(12,18)19/h11-13H,4-10H2,1-3H3. The normalized spacial score (nSPS) is 43.7. The Bertz CT molecular complexity index is 551. The topological polar surface area (TPSA) is 60.4 Å².